The molecule has 436 valence electrons. The van der Waals surface area contributed by atoms with Gasteiger partial charge in [0, 0.05) is 94.7 Å². The molecule has 8 aromatic rings. The Morgan fingerprint density at radius 1 is 0.573 bits per heavy atom. The number of urea groups is 1. The molecule has 8 aromatic heterocycles. The molecule has 0 aromatic carbocycles. The summed E-state index contributed by atoms with van der Waals surface area (Å²) in [7, 11) is 0. The Balaban J connectivity index is 0.694. The van der Waals surface area contributed by atoms with Crippen LogP contribution in [-0.4, -0.2) is 188 Å². The minimum atomic E-state index is -1.18. The Morgan fingerprint density at radius 3 is 1.57 bits per heavy atom. The lowest BCUT2D eigenvalue weighted by molar-refractivity contribution is 0.00491. The van der Waals surface area contributed by atoms with E-state index in [0.29, 0.717) is 129 Å². The van der Waals surface area contributed by atoms with E-state index in [-0.39, 0.29) is 49.8 Å². The molecule has 29 heteroatoms. The molecule has 0 radical (unpaired) electrons. The van der Waals surface area contributed by atoms with Gasteiger partial charge in [0.25, 0.3) is 0 Å². The highest BCUT2D eigenvalue weighted by atomic mass is 16.3. The number of imidazole rings is 4. The second kappa shape index (κ2) is 23.5. The minimum absolute atomic E-state index is 0.0235. The molecular weight excluding hydrogens is 1050 g/mol. The first-order valence-corrected chi connectivity index (χ1v) is 28.8. The molecule has 82 heavy (non-hydrogen) atoms. The number of aromatic nitrogens is 18. The van der Waals surface area contributed by atoms with E-state index < -0.39 is 24.3 Å². The fourth-order valence-electron chi connectivity index (χ4n) is 11.9. The molecular formula is C53H74N24O5. The van der Waals surface area contributed by atoms with Gasteiger partial charge in [-0.05, 0) is 79.1 Å². The maximum atomic E-state index is 14.2. The lowest BCUT2D eigenvalue weighted by Gasteiger charge is -2.39. The van der Waals surface area contributed by atoms with Crippen LogP contribution in [0.1, 0.15) is 138 Å². The predicted molar refractivity (Wildman–Crippen MR) is 301 cm³/mol. The van der Waals surface area contributed by atoms with Gasteiger partial charge in [0.05, 0.1) is 74.4 Å². The van der Waals surface area contributed by atoms with Crippen molar-refractivity contribution in [2.45, 2.75) is 166 Å². The highest BCUT2D eigenvalue weighted by molar-refractivity contribution is 5.85. The molecule has 6 atom stereocenters. The number of aliphatic hydroxyl groups excluding tert-OH is 4. The first kappa shape index (κ1) is 54.7. The topological polar surface area (TPSA) is 337 Å². The number of likely N-dealkylation sites (tertiary alicyclic amines) is 2. The molecule has 29 nitrogen and oxygen atoms in total. The Morgan fingerprint density at radius 2 is 1.06 bits per heavy atom. The van der Waals surface area contributed by atoms with Crippen molar-refractivity contribution in [3.05, 3.63) is 72.9 Å². The normalized spacial score (nSPS) is 22.0. The maximum absolute atomic E-state index is 14.2. The second-order valence-corrected chi connectivity index (χ2v) is 22.8. The standard InChI is InChI=1S/C53H74N24O5/c1-31(2)72-23-35(56-27-72)7-13-54-51-64-47(43-49(66-51)74(29-58-43)39-5-6-40(19-39)76-60-21-37(25-78)68-76)62-33-9-15-70(16-10-33)53(82)71-17-11-34(12-18-71)63-48-44-50(67-52(65-48)55-14-8-36-24-73(28-57-36)32(3)4)75(30-59-44)41-20-42(46(81)45(41)80)77-61-22-38(26-79)69-77/h21-24,27-34,39-42,45-46,78-81H,5-20,25-26H2,1-4H3,(H2,54,62,64,66)(H2,55,63,65,67)/t39-,40+,41+,42-,45-,46+/m0/s1. The van der Waals surface area contributed by atoms with Crippen molar-refractivity contribution in [1.82, 2.24) is 97.9 Å². The first-order chi connectivity index (χ1) is 39.9. The fraction of sp³-hybridized carbons (Fsp3) is 0.604. The zero-order valence-corrected chi connectivity index (χ0v) is 46.8. The predicted octanol–water partition coefficient (Wildman–Crippen LogP) is 3.44. The summed E-state index contributed by atoms with van der Waals surface area (Å²) in [6.45, 7) is 11.4. The molecule has 0 spiro atoms. The number of carbonyl (C=O) groups excluding carboxylic acids is 1. The SMILES string of the molecule is CC(C)n1cnc(CCNc2nc(NC3CCN(C(=O)N4CCC(Nc5nc(NCCc6cn(C(C)C)cn6)nc6c5ncn6[C@@H]5C[C@H](n6ncc(CO)n6)[C@@H](O)[C@H]5O)CC4)CC3)c3ncn([C@H]4CC[C@@H](n5ncc(CO)n5)C4)c3n2)c1. The Labute approximate surface area is 472 Å². The van der Waals surface area contributed by atoms with Crippen LogP contribution < -0.4 is 21.3 Å². The van der Waals surface area contributed by atoms with Crippen LogP contribution in [0.25, 0.3) is 22.3 Å². The van der Waals surface area contributed by atoms with Crippen molar-refractivity contribution in [3.63, 3.8) is 0 Å². The molecule has 4 aliphatic rings. The largest absolute Gasteiger partial charge is 0.390 e. The molecule has 10 heterocycles. The van der Waals surface area contributed by atoms with Crippen LogP contribution in [0.2, 0.25) is 0 Å². The van der Waals surface area contributed by atoms with E-state index in [9.17, 15) is 25.2 Å². The average molecular weight is 1130 g/mol. The molecule has 2 saturated heterocycles. The van der Waals surface area contributed by atoms with Gasteiger partial charge >= 0.3 is 6.03 Å². The summed E-state index contributed by atoms with van der Waals surface area (Å²) < 4.78 is 8.11. The van der Waals surface area contributed by atoms with E-state index in [4.69, 9.17) is 29.9 Å². The van der Waals surface area contributed by atoms with Crippen molar-refractivity contribution in [3.8, 4) is 0 Å². The lowest BCUT2D eigenvalue weighted by Crippen LogP contribution is -2.51. The van der Waals surface area contributed by atoms with Gasteiger partial charge in [0.15, 0.2) is 34.0 Å². The van der Waals surface area contributed by atoms with Crippen LogP contribution in [0.5, 0.6) is 0 Å². The summed E-state index contributed by atoms with van der Waals surface area (Å²) in [4.78, 5) is 59.9. The van der Waals surface area contributed by atoms with Crippen LogP contribution in [0, 0.1) is 0 Å². The van der Waals surface area contributed by atoms with Crippen LogP contribution in [0.4, 0.5) is 28.3 Å². The van der Waals surface area contributed by atoms with E-state index >= 15 is 0 Å². The van der Waals surface area contributed by atoms with E-state index in [1.165, 1.54) is 11.0 Å². The summed E-state index contributed by atoms with van der Waals surface area (Å²) in [6.07, 6.45) is 19.0. The van der Waals surface area contributed by atoms with Crippen LogP contribution >= 0.6 is 0 Å². The van der Waals surface area contributed by atoms with Gasteiger partial charge in [-0.15, -0.1) is 0 Å². The molecule has 2 aliphatic heterocycles. The monoisotopic (exact) mass is 1130 g/mol. The van der Waals surface area contributed by atoms with Gasteiger partial charge in [0.1, 0.15) is 29.6 Å². The number of piperidine rings is 2. The van der Waals surface area contributed by atoms with E-state index in [0.717, 1.165) is 49.1 Å². The number of hydrogen-bond donors (Lipinski definition) is 8. The summed E-state index contributed by atoms with van der Waals surface area (Å²) in [5.41, 5.74) is 5.27. The molecule has 4 fully saturated rings. The number of aliphatic hydroxyl groups is 4. The number of hydrogen-bond acceptors (Lipinski definition) is 21. The third-order valence-corrected chi connectivity index (χ3v) is 16.7. The molecule has 8 N–H and O–H groups in total. The van der Waals surface area contributed by atoms with Gasteiger partial charge in [-0.25, -0.2) is 24.7 Å². The molecule has 0 bridgehead atoms. The summed E-state index contributed by atoms with van der Waals surface area (Å²) in [6, 6.07) is -0.377. The fourth-order valence-corrected chi connectivity index (χ4v) is 11.9. The van der Waals surface area contributed by atoms with Crippen molar-refractivity contribution in [2.24, 2.45) is 0 Å². The average Bonchev–Trinajstić information content (AvgIpc) is 4.45. The molecule has 0 unspecified atom stereocenters. The number of rotatable bonds is 20. The number of amides is 2. The van der Waals surface area contributed by atoms with E-state index in [1.807, 2.05) is 35.0 Å². The Bertz CT molecular complexity index is 3450. The minimum Gasteiger partial charge on any atom is -0.390 e. The summed E-state index contributed by atoms with van der Waals surface area (Å²) in [5.74, 6) is 2.05. The van der Waals surface area contributed by atoms with Gasteiger partial charge in [0.2, 0.25) is 11.9 Å². The van der Waals surface area contributed by atoms with Gasteiger partial charge in [-0.1, -0.05) is 0 Å². The van der Waals surface area contributed by atoms with Crippen LogP contribution in [-0.2, 0) is 26.1 Å². The van der Waals surface area contributed by atoms with Crippen LogP contribution in [0.3, 0.4) is 0 Å². The number of nitrogens with zero attached hydrogens (tertiary/aromatic N) is 20. The van der Waals surface area contributed by atoms with Crippen molar-refractivity contribution < 1.29 is 25.2 Å². The summed E-state index contributed by atoms with van der Waals surface area (Å²) in [5, 5.41) is 73.6. The number of anilines is 4. The highest BCUT2D eigenvalue weighted by Crippen LogP contribution is 2.41. The maximum Gasteiger partial charge on any atom is 0.320 e. The summed E-state index contributed by atoms with van der Waals surface area (Å²) >= 11 is 0. The Kier molecular flexibility index (Phi) is 15.7. The number of nitrogens with one attached hydrogen (secondary N) is 4. The number of fused-ring (bicyclic) bond motifs is 2. The lowest BCUT2D eigenvalue weighted by atomic mass is 10.0. The highest BCUT2D eigenvalue weighted by Gasteiger charge is 2.45. The van der Waals surface area contributed by atoms with Crippen molar-refractivity contribution in [2.75, 3.05) is 60.5 Å². The van der Waals surface area contributed by atoms with Gasteiger partial charge in [-0.2, -0.15) is 49.9 Å². The first-order valence-electron chi connectivity index (χ1n) is 28.8. The molecule has 2 amide bonds. The van der Waals surface area contributed by atoms with Crippen molar-refractivity contribution in [1.29, 1.82) is 0 Å². The smallest absolute Gasteiger partial charge is 0.320 e. The van der Waals surface area contributed by atoms with E-state index in [2.05, 4.69) is 99.2 Å². The third-order valence-electron chi connectivity index (χ3n) is 16.7. The molecule has 2 saturated carbocycles. The zero-order chi connectivity index (χ0) is 56.6. The van der Waals surface area contributed by atoms with Gasteiger partial charge < -0.3 is 69.8 Å². The molecule has 12 rings (SSSR count). The zero-order valence-electron chi connectivity index (χ0n) is 46.8. The molecule has 2 aliphatic carbocycles. The second-order valence-electron chi connectivity index (χ2n) is 22.8. The third kappa shape index (κ3) is 11.4. The van der Waals surface area contributed by atoms with E-state index in [1.54, 1.807) is 21.9 Å². The quantitative estimate of drug-likeness (QED) is 0.0542. The van der Waals surface area contributed by atoms with Crippen LogP contribution in [0.15, 0.2) is 50.1 Å². The number of carbonyl (C=O) groups is 1. The Hall–Kier alpha value is -7.89. The van der Waals surface area contributed by atoms with Crippen molar-refractivity contribution >= 4 is 51.9 Å². The van der Waals surface area contributed by atoms with Gasteiger partial charge in [-0.3, -0.25) is 0 Å².